The Morgan fingerprint density at radius 3 is 2.24 bits per heavy atom. The van der Waals surface area contributed by atoms with E-state index in [0.717, 1.165) is 12.1 Å². The fraction of sp³-hybridized carbons (Fsp3) is 0.417. The molecule has 0 aromatic heterocycles. The van der Waals surface area contributed by atoms with E-state index in [9.17, 15) is 21.6 Å². The molecular weight excluding hydrogens is 340 g/mol. The Hall–Kier alpha value is -1.12. The quantitative estimate of drug-likeness (QED) is 0.832. The smallest absolute Gasteiger partial charge is 0.335 e. The summed E-state index contributed by atoms with van der Waals surface area (Å²) < 4.78 is 47.7. The topological polar surface area (TPSA) is 106 Å². The van der Waals surface area contributed by atoms with Crippen molar-refractivity contribution in [3.63, 3.8) is 0 Å². The number of hydrogen-bond acceptors (Lipinski definition) is 5. The molecule has 0 aliphatic carbocycles. The summed E-state index contributed by atoms with van der Waals surface area (Å²) in [7, 11) is -7.51. The fourth-order valence-electron chi connectivity index (χ4n) is 1.45. The van der Waals surface area contributed by atoms with E-state index in [4.69, 9.17) is 16.7 Å². The Bertz CT molecular complexity index is 750. The van der Waals surface area contributed by atoms with Crippen LogP contribution in [0.15, 0.2) is 23.1 Å². The SMILES string of the molecule is CC(C)S(=O)(=O)CCS(=O)(=O)c1cc(C(=O)O)ccc1Cl. The Balaban J connectivity index is 3.15. The highest BCUT2D eigenvalue weighted by atomic mass is 35.5. The van der Waals surface area contributed by atoms with Crippen molar-refractivity contribution in [2.24, 2.45) is 0 Å². The van der Waals surface area contributed by atoms with E-state index in [1.165, 1.54) is 19.9 Å². The first-order valence-corrected chi connectivity index (χ1v) is 9.69. The number of rotatable bonds is 6. The van der Waals surface area contributed by atoms with Gasteiger partial charge in [-0.25, -0.2) is 21.6 Å². The molecule has 1 aromatic carbocycles. The van der Waals surface area contributed by atoms with E-state index in [1.807, 2.05) is 0 Å². The molecule has 0 heterocycles. The normalized spacial score (nSPS) is 12.6. The lowest BCUT2D eigenvalue weighted by Gasteiger charge is -2.10. The zero-order valence-corrected chi connectivity index (χ0v) is 13.8. The summed E-state index contributed by atoms with van der Waals surface area (Å²) in [5.41, 5.74) is -0.232. The van der Waals surface area contributed by atoms with Gasteiger partial charge in [0, 0.05) is 0 Å². The molecule has 0 saturated heterocycles. The number of hydrogen-bond donors (Lipinski definition) is 1. The van der Waals surface area contributed by atoms with Crippen molar-refractivity contribution in [3.05, 3.63) is 28.8 Å². The number of benzene rings is 1. The molecule has 118 valence electrons. The first-order valence-electron chi connectivity index (χ1n) is 5.94. The molecule has 0 aliphatic rings. The Labute approximate surface area is 128 Å². The lowest BCUT2D eigenvalue weighted by molar-refractivity contribution is 0.0696. The summed E-state index contributed by atoms with van der Waals surface area (Å²) in [4.78, 5) is 10.5. The van der Waals surface area contributed by atoms with Crippen LogP contribution in [0.1, 0.15) is 24.2 Å². The molecule has 0 aliphatic heterocycles. The summed E-state index contributed by atoms with van der Waals surface area (Å²) in [6, 6.07) is 3.27. The van der Waals surface area contributed by atoms with Crippen LogP contribution in [-0.4, -0.2) is 44.7 Å². The Morgan fingerprint density at radius 2 is 1.76 bits per heavy atom. The Kier molecular flexibility index (Phi) is 5.40. The average molecular weight is 355 g/mol. The van der Waals surface area contributed by atoms with E-state index in [0.29, 0.717) is 0 Å². The van der Waals surface area contributed by atoms with E-state index >= 15 is 0 Å². The van der Waals surface area contributed by atoms with Gasteiger partial charge in [-0.05, 0) is 32.0 Å². The predicted octanol–water partition coefficient (Wildman–Crippen LogP) is 1.64. The van der Waals surface area contributed by atoms with Crippen molar-refractivity contribution in [2.75, 3.05) is 11.5 Å². The van der Waals surface area contributed by atoms with Gasteiger partial charge in [-0.3, -0.25) is 0 Å². The van der Waals surface area contributed by atoms with Crippen LogP contribution in [0.4, 0.5) is 0 Å². The van der Waals surface area contributed by atoms with Crippen LogP contribution in [0.2, 0.25) is 5.02 Å². The van der Waals surface area contributed by atoms with Gasteiger partial charge in [0.05, 0.1) is 32.2 Å². The van der Waals surface area contributed by atoms with Crippen molar-refractivity contribution >= 4 is 37.2 Å². The van der Waals surface area contributed by atoms with Gasteiger partial charge in [0.1, 0.15) is 0 Å². The number of aromatic carboxylic acids is 1. The zero-order valence-electron chi connectivity index (χ0n) is 11.4. The molecule has 0 amide bonds. The molecule has 0 fully saturated rings. The van der Waals surface area contributed by atoms with Crippen molar-refractivity contribution in [2.45, 2.75) is 24.0 Å². The molecular formula is C12H15ClO6S2. The van der Waals surface area contributed by atoms with Crippen LogP contribution in [0.25, 0.3) is 0 Å². The van der Waals surface area contributed by atoms with Crippen molar-refractivity contribution in [1.29, 1.82) is 0 Å². The number of halogens is 1. The van der Waals surface area contributed by atoms with Crippen LogP contribution in [0, 0.1) is 0 Å². The van der Waals surface area contributed by atoms with Gasteiger partial charge >= 0.3 is 5.97 Å². The highest BCUT2D eigenvalue weighted by molar-refractivity contribution is 7.95. The van der Waals surface area contributed by atoms with Gasteiger partial charge in [-0.1, -0.05) is 11.6 Å². The van der Waals surface area contributed by atoms with E-state index < -0.39 is 42.4 Å². The van der Waals surface area contributed by atoms with Gasteiger partial charge in [-0.15, -0.1) is 0 Å². The maximum atomic E-state index is 12.2. The van der Waals surface area contributed by atoms with Crippen LogP contribution in [-0.2, 0) is 19.7 Å². The number of carboxylic acids is 1. The van der Waals surface area contributed by atoms with Crippen LogP contribution in [0.5, 0.6) is 0 Å². The van der Waals surface area contributed by atoms with Gasteiger partial charge < -0.3 is 5.11 Å². The molecule has 9 heteroatoms. The van der Waals surface area contributed by atoms with Crippen molar-refractivity contribution in [1.82, 2.24) is 0 Å². The van der Waals surface area contributed by atoms with Gasteiger partial charge in [0.2, 0.25) is 0 Å². The van der Waals surface area contributed by atoms with Gasteiger partial charge in [-0.2, -0.15) is 0 Å². The summed E-state index contributed by atoms with van der Waals surface area (Å²) in [6.07, 6.45) is 0. The molecule has 0 atom stereocenters. The number of carboxylic acid groups (broad SMARTS) is 1. The third kappa shape index (κ3) is 4.42. The van der Waals surface area contributed by atoms with E-state index in [-0.39, 0.29) is 15.5 Å². The van der Waals surface area contributed by atoms with Gasteiger partial charge in [0.15, 0.2) is 19.7 Å². The third-order valence-corrected chi connectivity index (χ3v) is 7.53. The minimum absolute atomic E-state index is 0.137. The maximum Gasteiger partial charge on any atom is 0.335 e. The third-order valence-electron chi connectivity index (χ3n) is 2.87. The highest BCUT2D eigenvalue weighted by Crippen LogP contribution is 2.24. The second-order valence-corrected chi connectivity index (χ2v) is 9.85. The first-order chi connectivity index (χ1) is 9.47. The van der Waals surface area contributed by atoms with Crippen LogP contribution in [0.3, 0.4) is 0 Å². The summed E-state index contributed by atoms with van der Waals surface area (Å²) >= 11 is 5.78. The molecule has 0 radical (unpaired) electrons. The molecule has 1 N–H and O–H groups in total. The van der Waals surface area contributed by atoms with Crippen molar-refractivity contribution < 1.29 is 26.7 Å². The average Bonchev–Trinajstić information content (AvgIpc) is 2.36. The second-order valence-electron chi connectivity index (χ2n) is 4.68. The monoisotopic (exact) mass is 354 g/mol. The minimum atomic E-state index is -3.99. The van der Waals surface area contributed by atoms with Crippen LogP contribution >= 0.6 is 11.6 Å². The summed E-state index contributed by atoms with van der Waals surface area (Å²) in [6.45, 7) is 2.92. The lowest BCUT2D eigenvalue weighted by atomic mass is 10.2. The predicted molar refractivity (Wildman–Crippen MR) is 79.4 cm³/mol. The molecule has 1 rings (SSSR count). The van der Waals surface area contributed by atoms with Crippen LogP contribution < -0.4 is 0 Å². The molecule has 0 unspecified atom stereocenters. The Morgan fingerprint density at radius 1 is 1.19 bits per heavy atom. The first kappa shape index (κ1) is 17.9. The van der Waals surface area contributed by atoms with E-state index in [1.54, 1.807) is 0 Å². The molecule has 6 nitrogen and oxygen atoms in total. The number of carbonyl (C=O) groups is 1. The zero-order chi connectivity index (χ0) is 16.4. The molecule has 1 aromatic rings. The van der Waals surface area contributed by atoms with Crippen molar-refractivity contribution in [3.8, 4) is 0 Å². The van der Waals surface area contributed by atoms with Gasteiger partial charge in [0.25, 0.3) is 0 Å². The summed E-state index contributed by atoms with van der Waals surface area (Å²) in [5.74, 6) is -2.48. The highest BCUT2D eigenvalue weighted by Gasteiger charge is 2.25. The second kappa shape index (κ2) is 6.33. The fourth-order valence-corrected chi connectivity index (χ4v) is 5.09. The number of sulfone groups is 2. The standard InChI is InChI=1S/C12H15ClO6S2/c1-8(2)20(16,17)5-6-21(18,19)11-7-9(12(14)15)3-4-10(11)13/h3-4,7-8H,5-6H2,1-2H3,(H,14,15). The minimum Gasteiger partial charge on any atom is -0.478 e. The maximum absolute atomic E-state index is 12.2. The largest absolute Gasteiger partial charge is 0.478 e. The molecule has 0 bridgehead atoms. The molecule has 0 saturated carbocycles. The molecule has 21 heavy (non-hydrogen) atoms. The summed E-state index contributed by atoms with van der Waals surface area (Å²) in [5, 5.41) is 8.04. The molecule has 0 spiro atoms. The van der Waals surface area contributed by atoms with E-state index in [2.05, 4.69) is 0 Å². The lowest BCUT2D eigenvalue weighted by Crippen LogP contribution is -2.24.